The molecule has 2 N–H and O–H groups in total. The van der Waals surface area contributed by atoms with Crippen molar-refractivity contribution in [3.63, 3.8) is 0 Å². The van der Waals surface area contributed by atoms with Crippen LogP contribution in [0.15, 0.2) is 24.4 Å². The predicted octanol–water partition coefficient (Wildman–Crippen LogP) is 1.23. The molecule has 0 aliphatic carbocycles. The van der Waals surface area contributed by atoms with Crippen LogP contribution in [0.4, 0.5) is 0 Å². The molecule has 1 aromatic rings. The zero-order valence-electron chi connectivity index (χ0n) is 12.7. The topological polar surface area (TPSA) is 45.4 Å². The lowest BCUT2D eigenvalue weighted by molar-refractivity contribution is 0.235. The minimum absolute atomic E-state index is 0.607. The van der Waals surface area contributed by atoms with Gasteiger partial charge in [-0.25, -0.2) is 0 Å². The normalized spacial score (nSPS) is 19.7. The van der Waals surface area contributed by atoms with Gasteiger partial charge in [-0.15, -0.1) is 0 Å². The van der Waals surface area contributed by atoms with E-state index in [1.54, 1.807) is 0 Å². The molecule has 1 atom stereocenters. The Morgan fingerprint density at radius 1 is 1.20 bits per heavy atom. The lowest BCUT2D eigenvalue weighted by atomic mass is 10.1. The van der Waals surface area contributed by atoms with Crippen LogP contribution in [0.3, 0.4) is 0 Å². The number of hydrogen-bond acceptors (Lipinski definition) is 4. The third kappa shape index (κ3) is 5.19. The molecule has 20 heavy (non-hydrogen) atoms. The number of rotatable bonds is 6. The second-order valence-electron chi connectivity index (χ2n) is 5.91. The van der Waals surface area contributed by atoms with Gasteiger partial charge in [0.05, 0.1) is 0 Å². The van der Waals surface area contributed by atoms with Crippen molar-refractivity contribution in [1.82, 2.24) is 14.8 Å². The van der Waals surface area contributed by atoms with Gasteiger partial charge in [0.15, 0.2) is 0 Å². The van der Waals surface area contributed by atoms with Gasteiger partial charge in [-0.1, -0.05) is 13.0 Å². The van der Waals surface area contributed by atoms with Crippen LogP contribution in [-0.2, 0) is 6.42 Å². The van der Waals surface area contributed by atoms with Crippen LogP contribution in [0.5, 0.6) is 0 Å². The molecule has 2 rings (SSSR count). The van der Waals surface area contributed by atoms with Crippen molar-refractivity contribution in [2.45, 2.75) is 19.8 Å². The van der Waals surface area contributed by atoms with Crippen LogP contribution in [0, 0.1) is 5.92 Å². The van der Waals surface area contributed by atoms with Crippen molar-refractivity contribution >= 4 is 0 Å². The summed E-state index contributed by atoms with van der Waals surface area (Å²) in [6.07, 6.45) is 4.20. The molecule has 1 aromatic heterocycles. The second kappa shape index (κ2) is 8.35. The standard InChI is InChI=1S/C16H28N4/c1-15(13-17)14-20-9-4-8-19(11-12-20)10-6-16-5-2-3-7-18-16/h2-3,5,7,15H,4,6,8-14,17H2,1H3. The number of hydrogen-bond donors (Lipinski definition) is 1. The summed E-state index contributed by atoms with van der Waals surface area (Å²) in [7, 11) is 0. The first-order chi connectivity index (χ1) is 9.78. The number of aromatic nitrogens is 1. The molecule has 0 spiro atoms. The molecule has 1 aliphatic heterocycles. The highest BCUT2D eigenvalue weighted by Crippen LogP contribution is 2.07. The van der Waals surface area contributed by atoms with E-state index in [-0.39, 0.29) is 0 Å². The minimum Gasteiger partial charge on any atom is -0.330 e. The maximum Gasteiger partial charge on any atom is 0.0416 e. The fourth-order valence-corrected chi connectivity index (χ4v) is 2.76. The van der Waals surface area contributed by atoms with Crippen molar-refractivity contribution in [1.29, 1.82) is 0 Å². The van der Waals surface area contributed by atoms with Crippen LogP contribution >= 0.6 is 0 Å². The Labute approximate surface area is 123 Å². The molecule has 1 fully saturated rings. The Morgan fingerprint density at radius 2 is 2.00 bits per heavy atom. The van der Waals surface area contributed by atoms with E-state index in [0.717, 1.165) is 26.1 Å². The summed E-state index contributed by atoms with van der Waals surface area (Å²) in [4.78, 5) is 9.54. The molecule has 0 aromatic carbocycles. The van der Waals surface area contributed by atoms with Gasteiger partial charge in [0, 0.05) is 44.5 Å². The lowest BCUT2D eigenvalue weighted by Gasteiger charge is -2.24. The molecule has 2 heterocycles. The molecule has 0 radical (unpaired) electrons. The van der Waals surface area contributed by atoms with Crippen LogP contribution in [0.2, 0.25) is 0 Å². The van der Waals surface area contributed by atoms with Crippen molar-refractivity contribution in [2.24, 2.45) is 11.7 Å². The molecule has 4 nitrogen and oxygen atoms in total. The Kier molecular flexibility index (Phi) is 6.43. The van der Waals surface area contributed by atoms with Gasteiger partial charge >= 0.3 is 0 Å². The van der Waals surface area contributed by atoms with Gasteiger partial charge in [-0.3, -0.25) is 4.98 Å². The summed E-state index contributed by atoms with van der Waals surface area (Å²) in [5.41, 5.74) is 6.92. The maximum absolute atomic E-state index is 5.72. The van der Waals surface area contributed by atoms with E-state index in [1.807, 2.05) is 12.3 Å². The highest BCUT2D eigenvalue weighted by molar-refractivity contribution is 5.03. The molecule has 0 saturated carbocycles. The smallest absolute Gasteiger partial charge is 0.0416 e. The van der Waals surface area contributed by atoms with Crippen LogP contribution in [-0.4, -0.2) is 60.6 Å². The van der Waals surface area contributed by atoms with E-state index in [0.29, 0.717) is 5.92 Å². The fraction of sp³-hybridized carbons (Fsp3) is 0.688. The predicted molar refractivity (Wildman–Crippen MR) is 83.7 cm³/mol. The van der Waals surface area contributed by atoms with Gasteiger partial charge in [-0.05, 0) is 44.1 Å². The molecular formula is C16H28N4. The molecule has 0 bridgehead atoms. The average Bonchev–Trinajstić information content (AvgIpc) is 2.71. The Balaban J connectivity index is 1.72. The number of nitrogens with zero attached hydrogens (tertiary/aromatic N) is 3. The summed E-state index contributed by atoms with van der Waals surface area (Å²) < 4.78 is 0. The molecule has 112 valence electrons. The van der Waals surface area contributed by atoms with Crippen molar-refractivity contribution in [3.05, 3.63) is 30.1 Å². The molecular weight excluding hydrogens is 248 g/mol. The third-order valence-electron chi connectivity index (χ3n) is 4.06. The van der Waals surface area contributed by atoms with Crippen LogP contribution < -0.4 is 5.73 Å². The monoisotopic (exact) mass is 276 g/mol. The quantitative estimate of drug-likeness (QED) is 0.849. The first-order valence-electron chi connectivity index (χ1n) is 7.82. The first kappa shape index (κ1) is 15.4. The SMILES string of the molecule is CC(CN)CN1CCCN(CCc2ccccn2)CC1. The molecule has 1 saturated heterocycles. The van der Waals surface area contributed by atoms with Crippen LogP contribution in [0.1, 0.15) is 19.0 Å². The lowest BCUT2D eigenvalue weighted by Crippen LogP contribution is -2.35. The molecule has 0 amide bonds. The molecule has 4 heteroatoms. The first-order valence-corrected chi connectivity index (χ1v) is 7.82. The average molecular weight is 276 g/mol. The second-order valence-corrected chi connectivity index (χ2v) is 5.91. The largest absolute Gasteiger partial charge is 0.330 e. The van der Waals surface area contributed by atoms with Gasteiger partial charge in [0.2, 0.25) is 0 Å². The molecule has 1 unspecified atom stereocenters. The Bertz CT molecular complexity index is 368. The van der Waals surface area contributed by atoms with Gasteiger partial charge in [0.25, 0.3) is 0 Å². The van der Waals surface area contributed by atoms with Gasteiger partial charge in [0.1, 0.15) is 0 Å². The van der Waals surface area contributed by atoms with Crippen molar-refractivity contribution in [3.8, 4) is 0 Å². The maximum atomic E-state index is 5.72. The number of nitrogens with two attached hydrogens (primary N) is 1. The van der Waals surface area contributed by atoms with E-state index in [4.69, 9.17) is 5.73 Å². The van der Waals surface area contributed by atoms with E-state index in [1.165, 1.54) is 38.3 Å². The Morgan fingerprint density at radius 3 is 2.75 bits per heavy atom. The summed E-state index contributed by atoms with van der Waals surface area (Å²) in [5, 5.41) is 0. The van der Waals surface area contributed by atoms with E-state index in [2.05, 4.69) is 33.8 Å². The van der Waals surface area contributed by atoms with E-state index >= 15 is 0 Å². The summed E-state index contributed by atoms with van der Waals surface area (Å²) in [6.45, 7) is 10.1. The molecule has 1 aliphatic rings. The van der Waals surface area contributed by atoms with Gasteiger partial charge < -0.3 is 15.5 Å². The summed E-state index contributed by atoms with van der Waals surface area (Å²) in [5.74, 6) is 0.607. The third-order valence-corrected chi connectivity index (χ3v) is 4.06. The van der Waals surface area contributed by atoms with Crippen molar-refractivity contribution in [2.75, 3.05) is 45.8 Å². The van der Waals surface area contributed by atoms with Crippen LogP contribution in [0.25, 0.3) is 0 Å². The van der Waals surface area contributed by atoms with Gasteiger partial charge in [-0.2, -0.15) is 0 Å². The highest BCUT2D eigenvalue weighted by Gasteiger charge is 2.16. The number of pyridine rings is 1. The van der Waals surface area contributed by atoms with Crippen molar-refractivity contribution < 1.29 is 0 Å². The van der Waals surface area contributed by atoms with E-state index in [9.17, 15) is 0 Å². The summed E-state index contributed by atoms with van der Waals surface area (Å²) in [6, 6.07) is 6.17. The highest BCUT2D eigenvalue weighted by atomic mass is 15.2. The summed E-state index contributed by atoms with van der Waals surface area (Å²) >= 11 is 0. The minimum atomic E-state index is 0.607. The fourth-order valence-electron chi connectivity index (χ4n) is 2.76. The Hall–Kier alpha value is -0.970. The van der Waals surface area contributed by atoms with E-state index < -0.39 is 0 Å². The zero-order chi connectivity index (χ0) is 14.2. The zero-order valence-corrected chi connectivity index (χ0v) is 12.7.